The molecule has 0 unspecified atom stereocenters. The van der Waals surface area contributed by atoms with Crippen molar-refractivity contribution >= 4 is 50.7 Å². The molecule has 1 atom stereocenters. The average Bonchev–Trinajstić information content (AvgIpc) is 2.93. The van der Waals surface area contributed by atoms with Crippen molar-refractivity contribution in [3.8, 4) is 0 Å². The summed E-state index contributed by atoms with van der Waals surface area (Å²) in [6, 6.07) is 14.6. The maximum Gasteiger partial charge on any atom is 0.416 e. The molecule has 41 heavy (non-hydrogen) atoms. The highest BCUT2D eigenvalue weighted by Crippen LogP contribution is 2.37. The van der Waals surface area contributed by atoms with Gasteiger partial charge in [0.15, 0.2) is 0 Å². The fourth-order valence-electron chi connectivity index (χ4n) is 3.92. The SMILES string of the molecule is CCCNC(=O)[C@H](C)N(Cc1cccc(Cl)c1)C(=O)CN(c1cc(C(F)(F)F)ccc1Cl)S(=O)(=O)c1ccccc1. The minimum absolute atomic E-state index is 0.129. The first-order valence-corrected chi connectivity index (χ1v) is 14.7. The van der Waals surface area contributed by atoms with Gasteiger partial charge in [-0.1, -0.05) is 60.5 Å². The van der Waals surface area contributed by atoms with Crippen LogP contribution < -0.4 is 9.62 Å². The van der Waals surface area contributed by atoms with Gasteiger partial charge in [-0.3, -0.25) is 13.9 Å². The quantitative estimate of drug-likeness (QED) is 0.276. The van der Waals surface area contributed by atoms with Gasteiger partial charge in [0.2, 0.25) is 11.8 Å². The lowest BCUT2D eigenvalue weighted by Crippen LogP contribution is -2.51. The number of nitrogens with one attached hydrogen (secondary N) is 1. The van der Waals surface area contributed by atoms with E-state index in [0.29, 0.717) is 40.0 Å². The number of hydrogen-bond acceptors (Lipinski definition) is 4. The molecule has 0 spiro atoms. The second-order valence-corrected chi connectivity index (χ2v) is 11.8. The highest BCUT2D eigenvalue weighted by Gasteiger charge is 2.36. The number of anilines is 1. The summed E-state index contributed by atoms with van der Waals surface area (Å²) in [5, 5.41) is 2.76. The average molecular weight is 631 g/mol. The third-order valence-electron chi connectivity index (χ3n) is 6.11. The van der Waals surface area contributed by atoms with Crippen molar-refractivity contribution in [3.05, 3.63) is 94.0 Å². The fourth-order valence-corrected chi connectivity index (χ4v) is 5.85. The number of halogens is 5. The van der Waals surface area contributed by atoms with Gasteiger partial charge in [0, 0.05) is 18.1 Å². The molecule has 0 aliphatic rings. The summed E-state index contributed by atoms with van der Waals surface area (Å²) in [7, 11) is -4.59. The molecule has 0 fully saturated rings. The minimum Gasteiger partial charge on any atom is -0.354 e. The molecule has 2 amide bonds. The Labute approximate surface area is 246 Å². The van der Waals surface area contributed by atoms with E-state index in [-0.39, 0.29) is 16.5 Å². The first-order valence-electron chi connectivity index (χ1n) is 12.5. The van der Waals surface area contributed by atoms with E-state index in [9.17, 15) is 31.2 Å². The fraction of sp³-hybridized carbons (Fsp3) is 0.286. The summed E-state index contributed by atoms with van der Waals surface area (Å²) in [5.41, 5.74) is -1.14. The van der Waals surface area contributed by atoms with Crippen LogP contribution in [0.4, 0.5) is 18.9 Å². The minimum atomic E-state index is -4.81. The van der Waals surface area contributed by atoms with Gasteiger partial charge in [-0.15, -0.1) is 0 Å². The summed E-state index contributed by atoms with van der Waals surface area (Å²) in [5.74, 6) is -1.34. The van der Waals surface area contributed by atoms with E-state index in [2.05, 4.69) is 5.32 Å². The monoisotopic (exact) mass is 629 g/mol. The van der Waals surface area contributed by atoms with Gasteiger partial charge in [0.25, 0.3) is 10.0 Å². The van der Waals surface area contributed by atoms with Crippen LogP contribution in [0.25, 0.3) is 0 Å². The van der Waals surface area contributed by atoms with Gasteiger partial charge >= 0.3 is 6.18 Å². The molecule has 0 saturated heterocycles. The largest absolute Gasteiger partial charge is 0.416 e. The molecule has 1 N–H and O–H groups in total. The zero-order valence-electron chi connectivity index (χ0n) is 22.2. The lowest BCUT2D eigenvalue weighted by Gasteiger charge is -2.32. The third-order valence-corrected chi connectivity index (χ3v) is 8.44. The van der Waals surface area contributed by atoms with Crippen LogP contribution in [-0.4, -0.2) is 44.3 Å². The van der Waals surface area contributed by atoms with E-state index < -0.39 is 51.9 Å². The van der Waals surface area contributed by atoms with Gasteiger partial charge in [0.05, 0.1) is 21.2 Å². The topological polar surface area (TPSA) is 86.8 Å². The van der Waals surface area contributed by atoms with E-state index in [4.69, 9.17) is 23.2 Å². The van der Waals surface area contributed by atoms with E-state index in [0.717, 1.165) is 11.0 Å². The van der Waals surface area contributed by atoms with Crippen molar-refractivity contribution in [2.24, 2.45) is 0 Å². The van der Waals surface area contributed by atoms with Crippen LogP contribution in [0, 0.1) is 0 Å². The molecular formula is C28H28Cl2F3N3O4S. The summed E-state index contributed by atoms with van der Waals surface area (Å²) in [6.45, 7) is 2.60. The lowest BCUT2D eigenvalue weighted by atomic mass is 10.1. The highest BCUT2D eigenvalue weighted by molar-refractivity contribution is 7.92. The highest BCUT2D eigenvalue weighted by atomic mass is 35.5. The number of amides is 2. The Bertz CT molecular complexity index is 1490. The Morgan fingerprint density at radius 3 is 2.27 bits per heavy atom. The molecule has 13 heteroatoms. The summed E-state index contributed by atoms with van der Waals surface area (Å²) >= 11 is 12.3. The molecular weight excluding hydrogens is 602 g/mol. The Kier molecular flexibility index (Phi) is 10.7. The molecule has 7 nitrogen and oxygen atoms in total. The number of sulfonamides is 1. The molecule has 3 rings (SSSR count). The number of nitrogens with zero attached hydrogens (tertiary/aromatic N) is 2. The maximum atomic E-state index is 13.8. The number of carbonyl (C=O) groups is 2. The number of alkyl halides is 3. The Morgan fingerprint density at radius 2 is 1.66 bits per heavy atom. The summed E-state index contributed by atoms with van der Waals surface area (Å²) in [4.78, 5) is 27.6. The van der Waals surface area contributed by atoms with Crippen molar-refractivity contribution in [2.75, 3.05) is 17.4 Å². The molecule has 220 valence electrons. The van der Waals surface area contributed by atoms with Crippen molar-refractivity contribution in [2.45, 2.75) is 43.9 Å². The van der Waals surface area contributed by atoms with Gasteiger partial charge in [-0.25, -0.2) is 8.42 Å². The van der Waals surface area contributed by atoms with Crippen LogP contribution in [0.1, 0.15) is 31.4 Å². The number of carbonyl (C=O) groups excluding carboxylic acids is 2. The molecule has 3 aromatic rings. The molecule has 0 radical (unpaired) electrons. The standard InChI is InChI=1S/C28H28Cl2F3N3O4S/c1-3-14-34-27(38)19(2)35(17-20-8-7-9-22(29)15-20)26(37)18-36(41(39,40)23-10-5-4-6-11-23)25-16-21(28(31,32)33)12-13-24(25)30/h4-13,15-16,19H,3,14,17-18H2,1-2H3,(H,34,38)/t19-/m0/s1. The molecule has 0 bridgehead atoms. The van der Waals surface area contributed by atoms with Crippen LogP contribution in [0.15, 0.2) is 77.7 Å². The molecule has 0 heterocycles. The van der Waals surface area contributed by atoms with Crippen molar-refractivity contribution in [3.63, 3.8) is 0 Å². The predicted octanol–water partition coefficient (Wildman–Crippen LogP) is 6.15. The number of rotatable bonds is 11. The first-order chi connectivity index (χ1) is 19.3. The molecule has 0 aliphatic heterocycles. The second-order valence-electron chi connectivity index (χ2n) is 9.11. The van der Waals surface area contributed by atoms with Gasteiger partial charge in [-0.05, 0) is 61.4 Å². The normalized spacial score (nSPS) is 12.5. The smallest absolute Gasteiger partial charge is 0.354 e. The lowest BCUT2D eigenvalue weighted by molar-refractivity contribution is -0.139. The van der Waals surface area contributed by atoms with Crippen LogP contribution in [0.3, 0.4) is 0 Å². The number of benzene rings is 3. The number of hydrogen-bond donors (Lipinski definition) is 1. The Morgan fingerprint density at radius 1 is 0.976 bits per heavy atom. The van der Waals surface area contributed by atoms with E-state index >= 15 is 0 Å². The third kappa shape index (κ3) is 8.15. The van der Waals surface area contributed by atoms with Crippen LogP contribution in [0.2, 0.25) is 10.0 Å². The Balaban J connectivity index is 2.12. The van der Waals surface area contributed by atoms with Gasteiger partial charge < -0.3 is 10.2 Å². The van der Waals surface area contributed by atoms with Crippen LogP contribution >= 0.6 is 23.2 Å². The van der Waals surface area contributed by atoms with Crippen LogP contribution in [-0.2, 0) is 32.3 Å². The van der Waals surface area contributed by atoms with Crippen molar-refractivity contribution in [1.29, 1.82) is 0 Å². The molecule has 0 aromatic heterocycles. The zero-order valence-corrected chi connectivity index (χ0v) is 24.5. The van der Waals surface area contributed by atoms with Crippen LogP contribution in [0.5, 0.6) is 0 Å². The van der Waals surface area contributed by atoms with Gasteiger partial charge in [0.1, 0.15) is 12.6 Å². The van der Waals surface area contributed by atoms with Gasteiger partial charge in [-0.2, -0.15) is 13.2 Å². The van der Waals surface area contributed by atoms with Crippen molar-refractivity contribution in [1.82, 2.24) is 10.2 Å². The predicted molar refractivity (Wildman–Crippen MR) is 152 cm³/mol. The van der Waals surface area contributed by atoms with E-state index in [1.54, 1.807) is 30.3 Å². The first kappa shape index (κ1) is 32.2. The molecule has 0 aliphatic carbocycles. The van der Waals surface area contributed by atoms with Crippen molar-refractivity contribution < 1.29 is 31.2 Å². The summed E-state index contributed by atoms with van der Waals surface area (Å²) < 4.78 is 68.9. The summed E-state index contributed by atoms with van der Waals surface area (Å²) in [6.07, 6.45) is -4.17. The molecule has 0 saturated carbocycles. The molecule has 3 aromatic carbocycles. The maximum absolute atomic E-state index is 13.8. The van der Waals surface area contributed by atoms with E-state index in [1.807, 2.05) is 6.92 Å². The zero-order chi connectivity index (χ0) is 30.4. The Hall–Kier alpha value is -3.28. The second kappa shape index (κ2) is 13.6. The van der Waals surface area contributed by atoms with E-state index in [1.165, 1.54) is 31.2 Å².